The summed E-state index contributed by atoms with van der Waals surface area (Å²) in [5.41, 5.74) is 0.785. The monoisotopic (exact) mass is 283 g/mol. The third-order valence-electron chi connectivity index (χ3n) is 3.60. The Balaban J connectivity index is 1.96. The molecule has 1 aromatic rings. The normalized spacial score (nSPS) is 16.9. The second-order valence-corrected chi connectivity index (χ2v) is 6.55. The minimum absolute atomic E-state index is 0.173. The van der Waals surface area contributed by atoms with Gasteiger partial charge in [0.15, 0.2) is 0 Å². The molecule has 0 spiro atoms. The van der Waals surface area contributed by atoms with Crippen LogP contribution in [-0.4, -0.2) is 12.6 Å². The fraction of sp³-hybridized carbons (Fsp3) is 0.625. The molecule has 1 aliphatic rings. The second kappa shape index (κ2) is 6.71. The van der Waals surface area contributed by atoms with E-state index in [0.717, 1.165) is 24.9 Å². The van der Waals surface area contributed by atoms with Crippen molar-refractivity contribution in [2.24, 2.45) is 11.8 Å². The summed E-state index contributed by atoms with van der Waals surface area (Å²) in [7, 11) is 0. The van der Waals surface area contributed by atoms with Crippen molar-refractivity contribution in [1.29, 1.82) is 0 Å². The van der Waals surface area contributed by atoms with Crippen LogP contribution in [0.2, 0.25) is 5.02 Å². The van der Waals surface area contributed by atoms with E-state index in [4.69, 9.17) is 11.6 Å². The fourth-order valence-corrected chi connectivity index (χ4v) is 2.68. The van der Waals surface area contributed by atoms with Crippen LogP contribution in [0.15, 0.2) is 18.2 Å². The summed E-state index contributed by atoms with van der Waals surface area (Å²) in [5.74, 6) is 0.963. The van der Waals surface area contributed by atoms with Crippen molar-refractivity contribution in [3.8, 4) is 0 Å². The van der Waals surface area contributed by atoms with E-state index >= 15 is 0 Å². The highest BCUT2D eigenvalue weighted by Crippen LogP contribution is 2.23. The Morgan fingerprint density at radius 1 is 1.37 bits per heavy atom. The van der Waals surface area contributed by atoms with Gasteiger partial charge in [-0.15, -0.1) is 0 Å². The van der Waals surface area contributed by atoms with Crippen molar-refractivity contribution in [2.45, 2.75) is 45.6 Å². The van der Waals surface area contributed by atoms with Gasteiger partial charge in [-0.1, -0.05) is 31.5 Å². The minimum Gasteiger partial charge on any atom is -0.314 e. The Kier molecular flexibility index (Phi) is 5.23. The molecule has 0 aliphatic heterocycles. The van der Waals surface area contributed by atoms with Gasteiger partial charge in [0.05, 0.1) is 0 Å². The molecule has 106 valence electrons. The van der Waals surface area contributed by atoms with Crippen molar-refractivity contribution >= 4 is 11.6 Å². The predicted molar refractivity (Wildman–Crippen MR) is 79.1 cm³/mol. The van der Waals surface area contributed by atoms with Crippen molar-refractivity contribution in [3.63, 3.8) is 0 Å². The fourth-order valence-electron chi connectivity index (χ4n) is 2.52. The van der Waals surface area contributed by atoms with E-state index < -0.39 is 0 Å². The molecule has 1 atom stereocenters. The lowest BCUT2D eigenvalue weighted by atomic mass is 9.90. The molecule has 1 aliphatic carbocycles. The molecule has 0 amide bonds. The Morgan fingerprint density at radius 3 is 2.68 bits per heavy atom. The van der Waals surface area contributed by atoms with Gasteiger partial charge >= 0.3 is 0 Å². The van der Waals surface area contributed by atoms with Crippen molar-refractivity contribution < 1.29 is 4.39 Å². The molecule has 0 aromatic heterocycles. The number of nitrogens with one attached hydrogen (secondary N) is 1. The van der Waals surface area contributed by atoms with Crippen LogP contribution in [-0.2, 0) is 6.42 Å². The lowest BCUT2D eigenvalue weighted by molar-refractivity contribution is 0.379. The topological polar surface area (TPSA) is 12.0 Å². The van der Waals surface area contributed by atoms with Crippen LogP contribution in [0.4, 0.5) is 4.39 Å². The molecule has 0 radical (unpaired) electrons. The third-order valence-corrected chi connectivity index (χ3v) is 3.84. The zero-order valence-corrected chi connectivity index (χ0v) is 12.5. The van der Waals surface area contributed by atoms with Crippen molar-refractivity contribution in [2.75, 3.05) is 6.54 Å². The van der Waals surface area contributed by atoms with Crippen LogP contribution in [0.25, 0.3) is 0 Å². The van der Waals surface area contributed by atoms with Gasteiger partial charge in [-0.2, -0.15) is 0 Å². The van der Waals surface area contributed by atoms with Gasteiger partial charge < -0.3 is 5.32 Å². The van der Waals surface area contributed by atoms with Crippen LogP contribution in [0, 0.1) is 17.7 Å². The summed E-state index contributed by atoms with van der Waals surface area (Å²) < 4.78 is 13.9. The quantitative estimate of drug-likeness (QED) is 0.780. The van der Waals surface area contributed by atoms with E-state index in [1.165, 1.54) is 18.9 Å². The van der Waals surface area contributed by atoms with Crippen LogP contribution >= 0.6 is 11.6 Å². The zero-order chi connectivity index (χ0) is 13.8. The van der Waals surface area contributed by atoms with Gasteiger partial charge in [-0.25, -0.2) is 4.39 Å². The zero-order valence-electron chi connectivity index (χ0n) is 11.8. The number of hydrogen-bond acceptors (Lipinski definition) is 1. The average Bonchev–Trinajstić information content (AvgIpc) is 3.13. The molecular formula is C16H23ClFN. The van der Waals surface area contributed by atoms with Gasteiger partial charge in [0.1, 0.15) is 5.82 Å². The first-order valence-electron chi connectivity index (χ1n) is 7.22. The van der Waals surface area contributed by atoms with E-state index in [1.807, 2.05) is 6.07 Å². The highest BCUT2D eigenvalue weighted by atomic mass is 35.5. The minimum atomic E-state index is -0.173. The lowest BCUT2D eigenvalue weighted by Crippen LogP contribution is -2.27. The lowest BCUT2D eigenvalue weighted by Gasteiger charge is -2.20. The van der Waals surface area contributed by atoms with Crippen molar-refractivity contribution in [3.05, 3.63) is 34.6 Å². The maximum Gasteiger partial charge on any atom is 0.127 e. The molecule has 1 saturated carbocycles. The van der Waals surface area contributed by atoms with E-state index in [2.05, 4.69) is 19.2 Å². The van der Waals surface area contributed by atoms with Gasteiger partial charge in [-0.05, 0) is 61.8 Å². The summed E-state index contributed by atoms with van der Waals surface area (Å²) >= 11 is 5.80. The molecule has 3 heteroatoms. The summed E-state index contributed by atoms with van der Waals surface area (Å²) in [4.78, 5) is 0. The first-order valence-corrected chi connectivity index (χ1v) is 7.59. The third kappa shape index (κ3) is 5.12. The maximum atomic E-state index is 13.9. The van der Waals surface area contributed by atoms with Crippen molar-refractivity contribution in [1.82, 2.24) is 5.32 Å². The Bertz CT molecular complexity index is 415. The van der Waals surface area contributed by atoms with E-state index in [0.29, 0.717) is 22.9 Å². The standard InChI is InChI=1S/C16H23ClFN/c1-11(2)7-12(10-19-15-5-6-15)8-13-3-4-14(17)9-16(13)18/h3-4,9,11-12,15,19H,5-8,10H2,1-2H3. The summed E-state index contributed by atoms with van der Waals surface area (Å²) in [5, 5.41) is 4.03. The number of benzene rings is 1. The van der Waals surface area contributed by atoms with E-state index in [9.17, 15) is 4.39 Å². The highest BCUT2D eigenvalue weighted by Gasteiger charge is 2.22. The summed E-state index contributed by atoms with van der Waals surface area (Å²) in [6, 6.07) is 5.73. The SMILES string of the molecule is CC(C)CC(CNC1CC1)Cc1ccc(Cl)cc1F. The second-order valence-electron chi connectivity index (χ2n) is 6.12. The maximum absolute atomic E-state index is 13.9. The molecule has 1 nitrogen and oxygen atoms in total. The molecule has 2 rings (SSSR count). The van der Waals surface area contributed by atoms with Crippen LogP contribution in [0.1, 0.15) is 38.7 Å². The highest BCUT2D eigenvalue weighted by molar-refractivity contribution is 6.30. The van der Waals surface area contributed by atoms with Crippen LogP contribution < -0.4 is 5.32 Å². The molecule has 0 bridgehead atoms. The molecule has 0 saturated heterocycles. The number of halogens is 2. The first-order chi connectivity index (χ1) is 9.04. The van der Waals surface area contributed by atoms with E-state index in [1.54, 1.807) is 6.07 Å². The first kappa shape index (κ1) is 14.8. The van der Waals surface area contributed by atoms with Gasteiger partial charge in [0.2, 0.25) is 0 Å². The largest absolute Gasteiger partial charge is 0.314 e. The number of hydrogen-bond donors (Lipinski definition) is 1. The molecule has 1 unspecified atom stereocenters. The Labute approximate surface area is 120 Å². The van der Waals surface area contributed by atoms with Gasteiger partial charge in [-0.3, -0.25) is 0 Å². The molecular weight excluding hydrogens is 261 g/mol. The summed E-state index contributed by atoms with van der Waals surface area (Å²) in [6.07, 6.45) is 4.51. The smallest absolute Gasteiger partial charge is 0.127 e. The van der Waals surface area contributed by atoms with Crippen LogP contribution in [0.3, 0.4) is 0 Å². The molecule has 19 heavy (non-hydrogen) atoms. The average molecular weight is 284 g/mol. The van der Waals surface area contributed by atoms with Gasteiger partial charge in [0, 0.05) is 11.1 Å². The van der Waals surface area contributed by atoms with E-state index in [-0.39, 0.29) is 5.82 Å². The molecule has 1 aromatic carbocycles. The van der Waals surface area contributed by atoms with Gasteiger partial charge in [0.25, 0.3) is 0 Å². The van der Waals surface area contributed by atoms with Crippen LogP contribution in [0.5, 0.6) is 0 Å². The molecule has 1 fully saturated rings. The summed E-state index contributed by atoms with van der Waals surface area (Å²) in [6.45, 7) is 5.44. The molecule has 0 heterocycles. The Hall–Kier alpha value is -0.600. The number of rotatable bonds is 7. The molecule has 1 N–H and O–H groups in total. The Morgan fingerprint density at radius 2 is 2.11 bits per heavy atom. The predicted octanol–water partition coefficient (Wildman–Crippen LogP) is 4.44.